The van der Waals surface area contributed by atoms with Gasteiger partial charge in [-0.15, -0.1) is 0 Å². The second kappa shape index (κ2) is 4.29. The molecule has 1 aromatic rings. The highest BCUT2D eigenvalue weighted by Gasteiger charge is 2.25. The first-order valence-electron chi connectivity index (χ1n) is 5.33. The Bertz CT molecular complexity index is 414. The van der Waals surface area contributed by atoms with Crippen LogP contribution in [0.2, 0.25) is 5.02 Å². The fourth-order valence-electron chi connectivity index (χ4n) is 1.83. The number of halogens is 1. The fourth-order valence-corrected chi connectivity index (χ4v) is 2.18. The molecule has 0 amide bonds. The van der Waals surface area contributed by atoms with E-state index < -0.39 is 0 Å². The number of hydrogen-bond acceptors (Lipinski definition) is 3. The van der Waals surface area contributed by atoms with Gasteiger partial charge in [-0.2, -0.15) is 0 Å². The van der Waals surface area contributed by atoms with Crippen molar-refractivity contribution in [3.8, 4) is 0 Å². The van der Waals surface area contributed by atoms with Crippen LogP contribution in [0.4, 0.5) is 5.82 Å². The van der Waals surface area contributed by atoms with Gasteiger partial charge in [-0.3, -0.25) is 5.41 Å². The van der Waals surface area contributed by atoms with Gasteiger partial charge in [-0.25, -0.2) is 4.98 Å². The molecule has 0 unspecified atom stereocenters. The number of aromatic nitrogens is 1. The molecule has 0 atom stereocenters. The second-order valence-corrected chi connectivity index (χ2v) is 4.48. The van der Waals surface area contributed by atoms with Gasteiger partial charge < -0.3 is 10.6 Å². The standard InChI is InChI=1S/C11H15ClN4/c1-16(7-3-2-4-7)11-9(12)8(10(13)14)5-6-15-11/h5-7H,2-4H2,1H3,(H3,13,14). The highest BCUT2D eigenvalue weighted by molar-refractivity contribution is 6.36. The van der Waals surface area contributed by atoms with E-state index in [0.717, 1.165) is 5.82 Å². The van der Waals surface area contributed by atoms with Crippen LogP contribution >= 0.6 is 11.6 Å². The number of nitrogen functional groups attached to an aromatic ring is 1. The molecular formula is C11H15ClN4. The Morgan fingerprint density at radius 2 is 2.31 bits per heavy atom. The topological polar surface area (TPSA) is 66.0 Å². The highest BCUT2D eigenvalue weighted by atomic mass is 35.5. The van der Waals surface area contributed by atoms with Gasteiger partial charge in [0.1, 0.15) is 11.7 Å². The molecule has 1 aliphatic carbocycles. The molecule has 2 rings (SSSR count). The Hall–Kier alpha value is -1.29. The number of nitrogens with zero attached hydrogens (tertiary/aromatic N) is 2. The summed E-state index contributed by atoms with van der Waals surface area (Å²) in [5.41, 5.74) is 6.01. The Balaban J connectivity index is 2.33. The molecule has 1 saturated carbocycles. The van der Waals surface area contributed by atoms with Crippen LogP contribution in [-0.4, -0.2) is 23.9 Å². The molecule has 86 valence electrons. The molecule has 4 nitrogen and oxygen atoms in total. The smallest absolute Gasteiger partial charge is 0.148 e. The summed E-state index contributed by atoms with van der Waals surface area (Å²) < 4.78 is 0. The Kier molecular flexibility index (Phi) is 3.01. The van der Waals surface area contributed by atoms with Gasteiger partial charge in [0, 0.05) is 24.8 Å². The van der Waals surface area contributed by atoms with Gasteiger partial charge in [-0.1, -0.05) is 11.6 Å². The lowest BCUT2D eigenvalue weighted by atomic mass is 9.92. The van der Waals surface area contributed by atoms with E-state index in [1.165, 1.54) is 19.3 Å². The first-order chi connectivity index (χ1) is 7.61. The Morgan fingerprint density at radius 1 is 1.62 bits per heavy atom. The first-order valence-corrected chi connectivity index (χ1v) is 5.70. The zero-order valence-electron chi connectivity index (χ0n) is 9.20. The van der Waals surface area contributed by atoms with Crippen molar-refractivity contribution in [3.05, 3.63) is 22.8 Å². The van der Waals surface area contributed by atoms with Crippen LogP contribution in [0.3, 0.4) is 0 Å². The summed E-state index contributed by atoms with van der Waals surface area (Å²) in [7, 11) is 1.99. The van der Waals surface area contributed by atoms with Crippen molar-refractivity contribution in [1.82, 2.24) is 4.98 Å². The third kappa shape index (κ3) is 1.85. The lowest BCUT2D eigenvalue weighted by Gasteiger charge is -2.36. The minimum atomic E-state index is -0.0179. The quantitative estimate of drug-likeness (QED) is 0.625. The number of anilines is 1. The van der Waals surface area contributed by atoms with Crippen LogP contribution in [0.15, 0.2) is 12.3 Å². The van der Waals surface area contributed by atoms with Crippen molar-refractivity contribution in [2.45, 2.75) is 25.3 Å². The van der Waals surface area contributed by atoms with Crippen molar-refractivity contribution in [1.29, 1.82) is 5.41 Å². The highest BCUT2D eigenvalue weighted by Crippen LogP contribution is 2.32. The molecule has 1 aromatic heterocycles. The summed E-state index contributed by atoms with van der Waals surface area (Å²) in [6.07, 6.45) is 5.27. The van der Waals surface area contributed by atoms with Gasteiger partial charge >= 0.3 is 0 Å². The van der Waals surface area contributed by atoms with Crippen molar-refractivity contribution >= 4 is 23.3 Å². The Labute approximate surface area is 99.9 Å². The zero-order chi connectivity index (χ0) is 11.7. The van der Waals surface area contributed by atoms with Crippen molar-refractivity contribution in [2.75, 3.05) is 11.9 Å². The molecule has 1 aliphatic rings. The number of rotatable bonds is 3. The van der Waals surface area contributed by atoms with E-state index in [4.69, 9.17) is 22.7 Å². The molecule has 0 aromatic carbocycles. The van der Waals surface area contributed by atoms with Crippen LogP contribution < -0.4 is 10.6 Å². The first kappa shape index (κ1) is 11.2. The molecule has 0 spiro atoms. The molecule has 0 aliphatic heterocycles. The van der Waals surface area contributed by atoms with Crippen LogP contribution in [0, 0.1) is 5.41 Å². The largest absolute Gasteiger partial charge is 0.384 e. The van der Waals surface area contributed by atoms with E-state index in [2.05, 4.69) is 9.88 Å². The molecule has 0 radical (unpaired) electrons. The SMILES string of the molecule is CN(c1nccc(C(=N)N)c1Cl)C1CCC1. The minimum Gasteiger partial charge on any atom is -0.384 e. The maximum absolute atomic E-state index is 7.43. The number of nitrogens with two attached hydrogens (primary N) is 1. The summed E-state index contributed by atoms with van der Waals surface area (Å²) in [4.78, 5) is 6.35. The molecule has 1 heterocycles. The number of hydrogen-bond donors (Lipinski definition) is 2. The summed E-state index contributed by atoms with van der Waals surface area (Å²) in [5, 5.41) is 7.90. The molecule has 3 N–H and O–H groups in total. The molecular weight excluding hydrogens is 224 g/mol. The number of pyridine rings is 1. The normalized spacial score (nSPS) is 15.6. The van der Waals surface area contributed by atoms with Gasteiger partial charge in [0.05, 0.1) is 5.02 Å². The maximum Gasteiger partial charge on any atom is 0.148 e. The fraction of sp³-hybridized carbons (Fsp3) is 0.455. The van der Waals surface area contributed by atoms with Gasteiger partial charge in [-0.05, 0) is 25.3 Å². The molecule has 0 bridgehead atoms. The zero-order valence-corrected chi connectivity index (χ0v) is 9.96. The van der Waals surface area contributed by atoms with Gasteiger partial charge in [0.25, 0.3) is 0 Å². The van der Waals surface area contributed by atoms with Crippen molar-refractivity contribution < 1.29 is 0 Å². The molecule has 0 saturated heterocycles. The average Bonchev–Trinajstić information content (AvgIpc) is 2.14. The molecule has 1 fully saturated rings. The van der Waals surface area contributed by atoms with E-state index in [0.29, 0.717) is 16.6 Å². The van der Waals surface area contributed by atoms with Gasteiger partial charge in [0.2, 0.25) is 0 Å². The summed E-state index contributed by atoms with van der Waals surface area (Å²) >= 11 is 6.20. The van der Waals surface area contributed by atoms with E-state index in [-0.39, 0.29) is 5.84 Å². The summed E-state index contributed by atoms with van der Waals surface area (Å²) in [6.45, 7) is 0. The Morgan fingerprint density at radius 3 is 2.81 bits per heavy atom. The number of nitrogens with one attached hydrogen (secondary N) is 1. The van der Waals surface area contributed by atoms with Crippen LogP contribution in [0.25, 0.3) is 0 Å². The summed E-state index contributed by atoms with van der Waals surface area (Å²) in [5.74, 6) is 0.703. The third-order valence-corrected chi connectivity index (χ3v) is 3.49. The van der Waals surface area contributed by atoms with Crippen molar-refractivity contribution in [2.24, 2.45) is 5.73 Å². The monoisotopic (exact) mass is 238 g/mol. The lowest BCUT2D eigenvalue weighted by molar-refractivity contribution is 0.399. The predicted octanol–water partition coefficient (Wildman–Crippen LogP) is 2.01. The molecule has 16 heavy (non-hydrogen) atoms. The van der Waals surface area contributed by atoms with E-state index in [9.17, 15) is 0 Å². The molecule has 5 heteroatoms. The number of amidine groups is 1. The van der Waals surface area contributed by atoms with E-state index >= 15 is 0 Å². The minimum absolute atomic E-state index is 0.0179. The lowest BCUT2D eigenvalue weighted by Crippen LogP contribution is -2.38. The van der Waals surface area contributed by atoms with Crippen LogP contribution in [0.1, 0.15) is 24.8 Å². The van der Waals surface area contributed by atoms with Crippen LogP contribution in [0.5, 0.6) is 0 Å². The van der Waals surface area contributed by atoms with Gasteiger partial charge in [0.15, 0.2) is 0 Å². The predicted molar refractivity (Wildman–Crippen MR) is 66.3 cm³/mol. The van der Waals surface area contributed by atoms with Crippen LogP contribution in [-0.2, 0) is 0 Å². The second-order valence-electron chi connectivity index (χ2n) is 4.11. The average molecular weight is 239 g/mol. The summed E-state index contributed by atoms with van der Waals surface area (Å²) in [6, 6.07) is 2.19. The van der Waals surface area contributed by atoms with Crippen molar-refractivity contribution in [3.63, 3.8) is 0 Å². The third-order valence-electron chi connectivity index (χ3n) is 3.12. The maximum atomic E-state index is 7.43. The van der Waals surface area contributed by atoms with E-state index in [1.807, 2.05) is 7.05 Å². The van der Waals surface area contributed by atoms with E-state index in [1.54, 1.807) is 12.3 Å².